The first-order chi connectivity index (χ1) is 15.5. The maximum Gasteiger partial charge on any atom is 0.260 e. The van der Waals surface area contributed by atoms with Gasteiger partial charge in [0.15, 0.2) is 5.13 Å². The first-order valence-electron chi connectivity index (χ1n) is 9.97. The van der Waals surface area contributed by atoms with Crippen molar-refractivity contribution in [3.8, 4) is 0 Å². The van der Waals surface area contributed by atoms with E-state index in [0.717, 1.165) is 21.0 Å². The third-order valence-electron chi connectivity index (χ3n) is 4.77. The number of rotatable bonds is 6. The van der Waals surface area contributed by atoms with Crippen molar-refractivity contribution in [2.75, 3.05) is 11.9 Å². The van der Waals surface area contributed by atoms with Crippen molar-refractivity contribution in [3.05, 3.63) is 72.3 Å². The fourth-order valence-electron chi connectivity index (χ4n) is 3.06. The minimum absolute atomic E-state index is 0.272. The van der Waals surface area contributed by atoms with Gasteiger partial charge in [0.05, 0.1) is 16.8 Å². The Morgan fingerprint density at radius 2 is 1.69 bits per heavy atom. The van der Waals surface area contributed by atoms with Crippen LogP contribution < -0.4 is 21.5 Å². The monoisotopic (exact) mass is 447 g/mol. The smallest absolute Gasteiger partial charge is 0.260 e. The highest BCUT2D eigenvalue weighted by Crippen LogP contribution is 2.25. The first kappa shape index (κ1) is 21.3. The number of hydrazine groups is 1. The number of carbonyl (C=O) groups excluding carboxylic acids is 3. The Bertz CT molecular complexity index is 1270. The molecule has 4 aromatic rings. The summed E-state index contributed by atoms with van der Waals surface area (Å²) in [6.07, 6.45) is 0. The molecule has 9 heteroatoms. The predicted octanol–water partition coefficient (Wildman–Crippen LogP) is 2.83. The van der Waals surface area contributed by atoms with E-state index in [0.29, 0.717) is 10.7 Å². The van der Waals surface area contributed by atoms with Crippen LogP contribution in [-0.2, 0) is 9.59 Å². The van der Waals surface area contributed by atoms with Crippen molar-refractivity contribution in [1.29, 1.82) is 0 Å². The molecule has 0 saturated heterocycles. The molecule has 0 aliphatic rings. The number of hydrogen-bond acceptors (Lipinski definition) is 6. The van der Waals surface area contributed by atoms with Crippen LogP contribution in [0, 0.1) is 0 Å². The Hall–Kier alpha value is -3.98. The van der Waals surface area contributed by atoms with E-state index in [1.54, 1.807) is 19.1 Å². The normalized spacial score (nSPS) is 11.7. The van der Waals surface area contributed by atoms with E-state index in [4.69, 9.17) is 0 Å². The summed E-state index contributed by atoms with van der Waals surface area (Å²) >= 11 is 1.44. The van der Waals surface area contributed by atoms with Gasteiger partial charge in [0.2, 0.25) is 0 Å². The standard InChI is InChI=1S/C23H21N5O3S/c1-14(25-23-26-18-8-4-5-9-19(18)32-23)21(30)28-27-20(29)13-24-22(31)17-11-10-15-6-2-3-7-16(15)12-17/h2-12,14H,13H2,1H3,(H,24,31)(H,25,26)(H,27,29)(H,28,30)/t14-/m1/s1. The zero-order chi connectivity index (χ0) is 22.5. The van der Waals surface area contributed by atoms with Gasteiger partial charge in [-0.25, -0.2) is 4.98 Å². The molecule has 0 bridgehead atoms. The van der Waals surface area contributed by atoms with Crippen molar-refractivity contribution in [1.82, 2.24) is 21.2 Å². The van der Waals surface area contributed by atoms with Crippen LogP contribution in [-0.4, -0.2) is 35.3 Å². The highest BCUT2D eigenvalue weighted by Gasteiger charge is 2.16. The number of thiazole rings is 1. The van der Waals surface area contributed by atoms with E-state index in [9.17, 15) is 14.4 Å². The van der Waals surface area contributed by atoms with Gasteiger partial charge in [-0.05, 0) is 42.0 Å². The number of nitrogens with one attached hydrogen (secondary N) is 4. The number of hydrogen-bond donors (Lipinski definition) is 4. The summed E-state index contributed by atoms with van der Waals surface area (Å²) in [6.45, 7) is 1.39. The topological polar surface area (TPSA) is 112 Å². The molecule has 3 aromatic carbocycles. The molecule has 32 heavy (non-hydrogen) atoms. The molecule has 0 spiro atoms. The highest BCUT2D eigenvalue weighted by molar-refractivity contribution is 7.22. The Morgan fingerprint density at radius 1 is 0.938 bits per heavy atom. The summed E-state index contributed by atoms with van der Waals surface area (Å²) in [6, 6.07) is 20.1. The second-order valence-corrected chi connectivity index (χ2v) is 8.17. The zero-order valence-electron chi connectivity index (χ0n) is 17.2. The third-order valence-corrected chi connectivity index (χ3v) is 5.74. The quantitative estimate of drug-likeness (QED) is 0.340. The molecule has 0 aliphatic carbocycles. The summed E-state index contributed by atoms with van der Waals surface area (Å²) in [5.41, 5.74) is 5.95. The van der Waals surface area contributed by atoms with Gasteiger partial charge in [-0.15, -0.1) is 0 Å². The van der Waals surface area contributed by atoms with Gasteiger partial charge < -0.3 is 10.6 Å². The van der Waals surface area contributed by atoms with E-state index in [1.165, 1.54) is 11.3 Å². The number of benzene rings is 3. The minimum atomic E-state index is -0.622. The summed E-state index contributed by atoms with van der Waals surface area (Å²) in [5.74, 6) is -1.35. The SMILES string of the molecule is C[C@@H](Nc1nc2ccccc2s1)C(=O)NNC(=O)CNC(=O)c1ccc2ccccc2c1. The van der Waals surface area contributed by atoms with E-state index in [2.05, 4.69) is 26.5 Å². The lowest BCUT2D eigenvalue weighted by Gasteiger charge is -2.14. The molecule has 1 aromatic heterocycles. The van der Waals surface area contributed by atoms with Gasteiger partial charge in [0.25, 0.3) is 17.7 Å². The van der Waals surface area contributed by atoms with E-state index < -0.39 is 17.9 Å². The average molecular weight is 448 g/mol. The number of nitrogens with zero attached hydrogens (tertiary/aromatic N) is 1. The number of aromatic nitrogens is 1. The minimum Gasteiger partial charge on any atom is -0.350 e. The molecule has 162 valence electrons. The molecule has 0 radical (unpaired) electrons. The fraction of sp³-hybridized carbons (Fsp3) is 0.130. The summed E-state index contributed by atoms with van der Waals surface area (Å²) in [4.78, 5) is 41.0. The van der Waals surface area contributed by atoms with Crippen molar-refractivity contribution in [3.63, 3.8) is 0 Å². The van der Waals surface area contributed by atoms with Gasteiger partial charge in [-0.2, -0.15) is 0 Å². The fourth-order valence-corrected chi connectivity index (χ4v) is 4.01. The number of anilines is 1. The molecule has 3 amide bonds. The molecule has 0 aliphatic heterocycles. The third kappa shape index (κ3) is 5.01. The van der Waals surface area contributed by atoms with Crippen molar-refractivity contribution < 1.29 is 14.4 Å². The number of amides is 3. The second-order valence-electron chi connectivity index (χ2n) is 7.13. The van der Waals surface area contributed by atoms with Crippen LogP contribution in [0.1, 0.15) is 17.3 Å². The van der Waals surface area contributed by atoms with Gasteiger partial charge in [0, 0.05) is 5.56 Å². The van der Waals surface area contributed by atoms with Gasteiger partial charge in [0.1, 0.15) is 6.04 Å². The molecule has 0 fully saturated rings. The first-order valence-corrected chi connectivity index (χ1v) is 10.8. The Morgan fingerprint density at radius 3 is 2.50 bits per heavy atom. The second kappa shape index (κ2) is 9.44. The average Bonchev–Trinajstić information content (AvgIpc) is 3.22. The zero-order valence-corrected chi connectivity index (χ0v) is 18.0. The van der Waals surface area contributed by atoms with Crippen LogP contribution in [0.4, 0.5) is 5.13 Å². The molecule has 1 atom stereocenters. The van der Waals surface area contributed by atoms with Crippen molar-refractivity contribution in [2.45, 2.75) is 13.0 Å². The number of carbonyl (C=O) groups is 3. The van der Waals surface area contributed by atoms with Crippen LogP contribution >= 0.6 is 11.3 Å². The summed E-state index contributed by atoms with van der Waals surface area (Å²) in [7, 11) is 0. The molecule has 1 heterocycles. The predicted molar refractivity (Wildman–Crippen MR) is 125 cm³/mol. The molecule has 0 saturated carbocycles. The maximum absolute atomic E-state index is 12.3. The molecule has 0 unspecified atom stereocenters. The van der Waals surface area contributed by atoms with Crippen LogP contribution in [0.3, 0.4) is 0 Å². The van der Waals surface area contributed by atoms with Gasteiger partial charge in [-0.1, -0.05) is 53.8 Å². The van der Waals surface area contributed by atoms with Gasteiger partial charge >= 0.3 is 0 Å². The summed E-state index contributed by atoms with van der Waals surface area (Å²) < 4.78 is 1.01. The largest absolute Gasteiger partial charge is 0.350 e. The molecule has 4 rings (SSSR count). The molecule has 8 nitrogen and oxygen atoms in total. The summed E-state index contributed by atoms with van der Waals surface area (Å²) in [5, 5.41) is 8.14. The highest BCUT2D eigenvalue weighted by atomic mass is 32.1. The Kier molecular flexibility index (Phi) is 6.27. The number of fused-ring (bicyclic) bond motifs is 2. The lowest BCUT2D eigenvalue weighted by Crippen LogP contribution is -2.50. The molecule has 4 N–H and O–H groups in total. The van der Waals surface area contributed by atoms with Crippen LogP contribution in [0.25, 0.3) is 21.0 Å². The number of para-hydroxylation sites is 1. The lowest BCUT2D eigenvalue weighted by atomic mass is 10.1. The van der Waals surface area contributed by atoms with Crippen LogP contribution in [0.2, 0.25) is 0 Å². The van der Waals surface area contributed by atoms with E-state index in [1.807, 2.05) is 54.6 Å². The Labute approximate surface area is 188 Å². The maximum atomic E-state index is 12.3. The Balaban J connectivity index is 1.23. The molecular formula is C23H21N5O3S. The van der Waals surface area contributed by atoms with Crippen LogP contribution in [0.5, 0.6) is 0 Å². The van der Waals surface area contributed by atoms with Crippen LogP contribution in [0.15, 0.2) is 66.7 Å². The van der Waals surface area contributed by atoms with Crippen molar-refractivity contribution >= 4 is 55.2 Å². The van der Waals surface area contributed by atoms with E-state index >= 15 is 0 Å². The molecular weight excluding hydrogens is 426 g/mol. The van der Waals surface area contributed by atoms with E-state index in [-0.39, 0.29) is 12.5 Å². The lowest BCUT2D eigenvalue weighted by molar-refractivity contribution is -0.128. The van der Waals surface area contributed by atoms with Gasteiger partial charge in [-0.3, -0.25) is 25.2 Å². The van der Waals surface area contributed by atoms with Crippen molar-refractivity contribution in [2.24, 2.45) is 0 Å².